The zero-order valence-corrected chi connectivity index (χ0v) is 13.2. The zero-order chi connectivity index (χ0) is 14.7. The number of nitriles is 1. The van der Waals surface area contributed by atoms with Gasteiger partial charge in [-0.2, -0.15) is 5.26 Å². The molecule has 1 atom stereocenters. The third-order valence-corrected chi connectivity index (χ3v) is 4.00. The smallest absolute Gasteiger partial charge is 0.184 e. The van der Waals surface area contributed by atoms with Crippen molar-refractivity contribution < 1.29 is 4.79 Å². The van der Waals surface area contributed by atoms with Gasteiger partial charge in [0.05, 0.1) is 6.07 Å². The standard InChI is InChI=1S/C15H8BrCl2NO/c16-10-6-4-9(5-7-10)15(20)11(8-19)14-12(17)2-1-3-13(14)18/h1-7,11H. The summed E-state index contributed by atoms with van der Waals surface area (Å²) in [7, 11) is 0. The molecule has 20 heavy (non-hydrogen) atoms. The molecule has 5 heteroatoms. The molecule has 2 nitrogen and oxygen atoms in total. The van der Waals surface area contributed by atoms with E-state index in [9.17, 15) is 10.1 Å². The Hall–Kier alpha value is -1.34. The monoisotopic (exact) mass is 367 g/mol. The second-order valence-electron chi connectivity index (χ2n) is 4.07. The Morgan fingerprint density at radius 1 is 1.10 bits per heavy atom. The fraction of sp³-hybridized carbons (Fsp3) is 0.0667. The number of ketones is 1. The number of Topliss-reactive ketones (excluding diaryl/α,β-unsaturated/α-hetero) is 1. The summed E-state index contributed by atoms with van der Waals surface area (Å²) in [4.78, 5) is 12.4. The van der Waals surface area contributed by atoms with E-state index in [1.54, 1.807) is 42.5 Å². The predicted octanol–water partition coefficient (Wildman–Crippen LogP) is 5.25. The van der Waals surface area contributed by atoms with Crippen molar-refractivity contribution in [2.45, 2.75) is 5.92 Å². The maximum atomic E-state index is 12.4. The molecule has 0 heterocycles. The van der Waals surface area contributed by atoms with Crippen LogP contribution in [0.5, 0.6) is 0 Å². The number of hydrogen-bond acceptors (Lipinski definition) is 2. The van der Waals surface area contributed by atoms with E-state index < -0.39 is 5.92 Å². The molecular formula is C15H8BrCl2NO. The molecule has 0 fully saturated rings. The number of benzene rings is 2. The van der Waals surface area contributed by atoms with Crippen LogP contribution in [-0.2, 0) is 0 Å². The number of rotatable bonds is 3. The average Bonchev–Trinajstić information content (AvgIpc) is 2.43. The Balaban J connectivity index is 2.46. The maximum absolute atomic E-state index is 12.4. The average molecular weight is 369 g/mol. The van der Waals surface area contributed by atoms with E-state index in [4.69, 9.17) is 23.2 Å². The number of carbonyl (C=O) groups excluding carboxylic acids is 1. The van der Waals surface area contributed by atoms with Crippen LogP contribution < -0.4 is 0 Å². The number of halogens is 3. The lowest BCUT2D eigenvalue weighted by atomic mass is 9.92. The summed E-state index contributed by atoms with van der Waals surface area (Å²) in [6, 6.07) is 13.7. The SMILES string of the molecule is N#CC(C(=O)c1ccc(Br)cc1)c1c(Cl)cccc1Cl. The van der Waals surface area contributed by atoms with Crippen LogP contribution in [0, 0.1) is 11.3 Å². The Morgan fingerprint density at radius 2 is 1.65 bits per heavy atom. The van der Waals surface area contributed by atoms with Gasteiger partial charge in [0.15, 0.2) is 5.78 Å². The molecule has 0 bridgehead atoms. The minimum Gasteiger partial charge on any atom is -0.292 e. The summed E-state index contributed by atoms with van der Waals surface area (Å²) in [5.41, 5.74) is 0.794. The van der Waals surface area contributed by atoms with Gasteiger partial charge in [-0.25, -0.2) is 0 Å². The van der Waals surface area contributed by atoms with Gasteiger partial charge in [-0.15, -0.1) is 0 Å². The fourth-order valence-electron chi connectivity index (χ4n) is 1.82. The molecule has 0 saturated heterocycles. The minimum atomic E-state index is -1.02. The highest BCUT2D eigenvalue weighted by atomic mass is 79.9. The van der Waals surface area contributed by atoms with Gasteiger partial charge < -0.3 is 0 Å². The maximum Gasteiger partial charge on any atom is 0.184 e. The zero-order valence-electron chi connectivity index (χ0n) is 10.1. The lowest BCUT2D eigenvalue weighted by molar-refractivity contribution is 0.0979. The van der Waals surface area contributed by atoms with E-state index in [0.717, 1.165) is 4.47 Å². The second-order valence-corrected chi connectivity index (χ2v) is 5.80. The molecule has 100 valence electrons. The van der Waals surface area contributed by atoms with Crippen molar-refractivity contribution in [3.05, 3.63) is 68.1 Å². The third-order valence-electron chi connectivity index (χ3n) is 2.81. The highest BCUT2D eigenvalue weighted by molar-refractivity contribution is 9.10. The van der Waals surface area contributed by atoms with E-state index >= 15 is 0 Å². The summed E-state index contributed by atoms with van der Waals surface area (Å²) in [6.07, 6.45) is 0. The van der Waals surface area contributed by atoms with E-state index in [1.807, 2.05) is 6.07 Å². The van der Waals surface area contributed by atoms with E-state index in [0.29, 0.717) is 21.2 Å². The Labute approximate surface area is 135 Å². The summed E-state index contributed by atoms with van der Waals surface area (Å²) in [6.45, 7) is 0. The predicted molar refractivity (Wildman–Crippen MR) is 83.3 cm³/mol. The van der Waals surface area contributed by atoms with Crippen LogP contribution in [0.25, 0.3) is 0 Å². The first-order valence-corrected chi connectivity index (χ1v) is 7.23. The molecule has 0 radical (unpaired) electrons. The summed E-state index contributed by atoms with van der Waals surface area (Å²) >= 11 is 15.4. The molecule has 0 aliphatic heterocycles. The van der Waals surface area contributed by atoms with Crippen LogP contribution in [0.3, 0.4) is 0 Å². The van der Waals surface area contributed by atoms with Crippen molar-refractivity contribution in [2.24, 2.45) is 0 Å². The Morgan fingerprint density at radius 3 is 2.15 bits per heavy atom. The van der Waals surface area contributed by atoms with Gasteiger partial charge >= 0.3 is 0 Å². The van der Waals surface area contributed by atoms with E-state index in [1.165, 1.54) is 0 Å². The van der Waals surface area contributed by atoms with Gasteiger partial charge in [-0.3, -0.25) is 4.79 Å². The van der Waals surface area contributed by atoms with Gasteiger partial charge in [-0.05, 0) is 24.3 Å². The number of hydrogen-bond donors (Lipinski definition) is 0. The van der Waals surface area contributed by atoms with Crippen molar-refractivity contribution in [1.29, 1.82) is 5.26 Å². The molecule has 0 saturated carbocycles. The first kappa shape index (κ1) is 15.1. The topological polar surface area (TPSA) is 40.9 Å². The summed E-state index contributed by atoms with van der Waals surface area (Å²) in [5.74, 6) is -1.34. The van der Waals surface area contributed by atoms with Crippen molar-refractivity contribution >= 4 is 44.9 Å². The van der Waals surface area contributed by atoms with Crippen LogP contribution in [0.4, 0.5) is 0 Å². The molecule has 2 aromatic rings. The van der Waals surface area contributed by atoms with Crippen LogP contribution >= 0.6 is 39.1 Å². The third kappa shape index (κ3) is 3.04. The Bertz CT molecular complexity index is 672. The molecule has 0 aliphatic rings. The van der Waals surface area contributed by atoms with Crippen LogP contribution in [0.2, 0.25) is 10.0 Å². The summed E-state index contributed by atoms with van der Waals surface area (Å²) in [5, 5.41) is 9.95. The lowest BCUT2D eigenvalue weighted by Gasteiger charge is -2.12. The van der Waals surface area contributed by atoms with Crippen molar-refractivity contribution in [3.8, 4) is 6.07 Å². The molecule has 0 spiro atoms. The molecule has 0 aromatic heterocycles. The highest BCUT2D eigenvalue weighted by Gasteiger charge is 2.26. The van der Waals surface area contributed by atoms with Crippen LogP contribution in [-0.4, -0.2) is 5.78 Å². The van der Waals surface area contributed by atoms with E-state index in [-0.39, 0.29) is 5.78 Å². The minimum absolute atomic E-state index is 0.314. The van der Waals surface area contributed by atoms with E-state index in [2.05, 4.69) is 15.9 Å². The summed E-state index contributed by atoms with van der Waals surface area (Å²) < 4.78 is 0.860. The normalized spacial score (nSPS) is 11.7. The van der Waals surface area contributed by atoms with Gasteiger partial charge in [0.1, 0.15) is 5.92 Å². The van der Waals surface area contributed by atoms with Gasteiger partial charge in [0, 0.05) is 25.6 Å². The van der Waals surface area contributed by atoms with Crippen molar-refractivity contribution in [3.63, 3.8) is 0 Å². The lowest BCUT2D eigenvalue weighted by Crippen LogP contribution is -2.12. The van der Waals surface area contributed by atoms with Crippen LogP contribution in [0.1, 0.15) is 21.8 Å². The molecule has 2 aromatic carbocycles. The number of nitrogens with zero attached hydrogens (tertiary/aromatic N) is 1. The first-order chi connectivity index (χ1) is 9.54. The van der Waals surface area contributed by atoms with Crippen LogP contribution in [0.15, 0.2) is 46.9 Å². The van der Waals surface area contributed by atoms with Crippen molar-refractivity contribution in [1.82, 2.24) is 0 Å². The first-order valence-electron chi connectivity index (χ1n) is 5.68. The second kappa shape index (κ2) is 6.41. The molecule has 0 aliphatic carbocycles. The van der Waals surface area contributed by atoms with Gasteiger partial charge in [0.2, 0.25) is 0 Å². The van der Waals surface area contributed by atoms with Crippen molar-refractivity contribution in [2.75, 3.05) is 0 Å². The largest absolute Gasteiger partial charge is 0.292 e. The highest BCUT2D eigenvalue weighted by Crippen LogP contribution is 2.33. The molecule has 1 unspecified atom stereocenters. The Kier molecular flexibility index (Phi) is 4.82. The molecule has 0 amide bonds. The molecule has 0 N–H and O–H groups in total. The quantitative estimate of drug-likeness (QED) is 0.694. The fourth-order valence-corrected chi connectivity index (χ4v) is 2.70. The molecule has 2 rings (SSSR count). The van der Waals surface area contributed by atoms with Gasteiger partial charge in [0.25, 0.3) is 0 Å². The molecular weight excluding hydrogens is 361 g/mol. The van der Waals surface area contributed by atoms with Gasteiger partial charge in [-0.1, -0.05) is 57.3 Å². The number of carbonyl (C=O) groups is 1.